The Morgan fingerprint density at radius 2 is 0.481 bits per heavy atom. The van der Waals surface area contributed by atoms with Gasteiger partial charge < -0.3 is 33.8 Å². The van der Waals surface area contributed by atoms with Gasteiger partial charge in [0.2, 0.25) is 0 Å². The number of aliphatic hydroxyl groups excluding tert-OH is 1. The van der Waals surface area contributed by atoms with Crippen LogP contribution in [-0.2, 0) is 65.4 Å². The molecular weight excluding hydrogens is 1380 g/mol. The lowest BCUT2D eigenvalue weighted by Crippen LogP contribution is -2.30. The van der Waals surface area contributed by atoms with E-state index in [1.54, 1.807) is 0 Å². The van der Waals surface area contributed by atoms with Crippen LogP contribution in [0.2, 0.25) is 0 Å². The highest BCUT2D eigenvalue weighted by Crippen LogP contribution is 2.45. The zero-order chi connectivity index (χ0) is 77.8. The molecule has 3 unspecified atom stereocenters. The number of ether oxygens (including phenoxy) is 4. The number of aliphatic hydroxyl groups is 1. The maximum absolute atomic E-state index is 13.2. The van der Waals surface area contributed by atoms with E-state index < -0.39 is 97.5 Å². The Bertz CT molecular complexity index is 2030. The van der Waals surface area contributed by atoms with Crippen molar-refractivity contribution < 1.29 is 80.2 Å². The molecule has 0 aromatic heterocycles. The number of esters is 4. The van der Waals surface area contributed by atoms with Crippen molar-refractivity contribution >= 4 is 39.5 Å². The minimum absolute atomic E-state index is 0.108. The number of hydrogen-bond donors (Lipinski definition) is 3. The van der Waals surface area contributed by atoms with Crippen LogP contribution in [0.15, 0.2) is 0 Å². The molecule has 6 atom stereocenters. The second-order valence-corrected chi connectivity index (χ2v) is 34.9. The molecule has 0 aromatic carbocycles. The summed E-state index contributed by atoms with van der Waals surface area (Å²) >= 11 is 0. The molecule has 19 heteroatoms. The summed E-state index contributed by atoms with van der Waals surface area (Å²) < 4.78 is 68.9. The summed E-state index contributed by atoms with van der Waals surface area (Å²) in [7, 11) is -9.93. The zero-order valence-electron chi connectivity index (χ0n) is 69.7. The molecule has 0 aliphatic rings. The van der Waals surface area contributed by atoms with E-state index in [9.17, 15) is 43.2 Å². The first-order valence-corrected chi connectivity index (χ1v) is 48.0. The van der Waals surface area contributed by atoms with Crippen molar-refractivity contribution in [3.63, 3.8) is 0 Å². The third-order valence-corrected chi connectivity index (χ3v) is 22.7. The maximum Gasteiger partial charge on any atom is 0.472 e. The Balaban J connectivity index is 5.24. The standard InChI is InChI=1S/C87H170O17P2/c1-7-10-12-14-16-18-20-22-24-25-26-27-28-29-30-32-38-42-46-54-60-66-72-86(91)103-82(75-97-84(89)69-63-57-51-44-40-36-34-33-35-39-43-49-55-61-67-79(4)5)77-101-105(93,94)99-73-81(88)74-100-106(95,96)102-78-83(76-98-85(90)70-64-58-52-48-47-50-56-62-68-80(6)9-3)104-87(92)71-65-59-53-45-41-37-31-23-21-19-17-15-13-11-8-2/h79-83,88H,7-78H2,1-6H3,(H,93,94)(H,95,96)/t80?,81-,82-,83-/m1/s1. The molecule has 0 bridgehead atoms. The van der Waals surface area contributed by atoms with Crippen molar-refractivity contribution in [2.45, 2.75) is 484 Å². The molecule has 0 heterocycles. The van der Waals surface area contributed by atoms with Gasteiger partial charge >= 0.3 is 39.5 Å². The van der Waals surface area contributed by atoms with Crippen molar-refractivity contribution in [1.82, 2.24) is 0 Å². The van der Waals surface area contributed by atoms with Crippen LogP contribution in [0.5, 0.6) is 0 Å². The molecule has 0 spiro atoms. The van der Waals surface area contributed by atoms with Gasteiger partial charge in [-0.1, -0.05) is 414 Å². The van der Waals surface area contributed by atoms with Crippen LogP contribution < -0.4 is 0 Å². The van der Waals surface area contributed by atoms with Crippen LogP contribution in [0.1, 0.15) is 465 Å². The molecule has 0 amide bonds. The zero-order valence-corrected chi connectivity index (χ0v) is 71.5. The van der Waals surface area contributed by atoms with Crippen molar-refractivity contribution in [1.29, 1.82) is 0 Å². The Morgan fingerprint density at radius 1 is 0.274 bits per heavy atom. The summed E-state index contributed by atoms with van der Waals surface area (Å²) in [5.41, 5.74) is 0. The Morgan fingerprint density at radius 3 is 0.717 bits per heavy atom. The smallest absolute Gasteiger partial charge is 0.462 e. The lowest BCUT2D eigenvalue weighted by Gasteiger charge is -2.21. The highest BCUT2D eigenvalue weighted by atomic mass is 31.2. The number of unbranched alkanes of at least 4 members (excludes halogenated alkanes) is 55. The quantitative estimate of drug-likeness (QED) is 0.0222. The van der Waals surface area contributed by atoms with Crippen molar-refractivity contribution in [3.05, 3.63) is 0 Å². The first-order chi connectivity index (χ1) is 51.4. The fraction of sp³-hybridized carbons (Fsp3) is 0.954. The highest BCUT2D eigenvalue weighted by molar-refractivity contribution is 7.47. The van der Waals surface area contributed by atoms with Crippen LogP contribution in [0.25, 0.3) is 0 Å². The lowest BCUT2D eigenvalue weighted by atomic mass is 9.99. The van der Waals surface area contributed by atoms with Gasteiger partial charge in [-0.25, -0.2) is 9.13 Å². The van der Waals surface area contributed by atoms with Gasteiger partial charge in [-0.2, -0.15) is 0 Å². The molecule has 17 nitrogen and oxygen atoms in total. The van der Waals surface area contributed by atoms with E-state index in [1.165, 1.54) is 283 Å². The van der Waals surface area contributed by atoms with Crippen LogP contribution >= 0.6 is 15.6 Å². The van der Waals surface area contributed by atoms with Gasteiger partial charge in [0.05, 0.1) is 26.4 Å². The molecule has 0 aliphatic carbocycles. The second-order valence-electron chi connectivity index (χ2n) is 32.0. The van der Waals surface area contributed by atoms with Gasteiger partial charge in [0, 0.05) is 25.7 Å². The summed E-state index contributed by atoms with van der Waals surface area (Å²) in [6.45, 7) is 9.70. The molecule has 0 rings (SSSR count). The number of hydrogen-bond acceptors (Lipinski definition) is 15. The number of carbonyl (C=O) groups excluding carboxylic acids is 4. The average Bonchev–Trinajstić information content (AvgIpc) is 0.904. The normalized spacial score (nSPS) is 14.1. The summed E-state index contributed by atoms with van der Waals surface area (Å²) in [5.74, 6) is -0.524. The largest absolute Gasteiger partial charge is 0.472 e. The van der Waals surface area contributed by atoms with E-state index in [0.717, 1.165) is 102 Å². The number of carbonyl (C=O) groups is 4. The molecule has 106 heavy (non-hydrogen) atoms. The van der Waals surface area contributed by atoms with E-state index in [-0.39, 0.29) is 25.7 Å². The van der Waals surface area contributed by atoms with Gasteiger partial charge in [0.25, 0.3) is 0 Å². The molecule has 0 saturated heterocycles. The molecule has 630 valence electrons. The molecular formula is C87H170O17P2. The molecule has 0 saturated carbocycles. The van der Waals surface area contributed by atoms with Gasteiger partial charge in [-0.3, -0.25) is 37.3 Å². The predicted octanol–water partition coefficient (Wildman–Crippen LogP) is 26.6. The summed E-state index contributed by atoms with van der Waals surface area (Å²) in [5, 5.41) is 10.7. The summed E-state index contributed by atoms with van der Waals surface area (Å²) in [6.07, 6.45) is 70.8. The Labute approximate surface area is 651 Å². The molecule has 0 aromatic rings. The van der Waals surface area contributed by atoms with E-state index >= 15 is 0 Å². The second kappa shape index (κ2) is 78.3. The van der Waals surface area contributed by atoms with Crippen molar-refractivity contribution in [2.75, 3.05) is 39.6 Å². The SMILES string of the molecule is CCCCCCCCCCCCCCCCCCCCCCCCC(=O)O[C@H](COC(=O)CCCCCCCCCCCCCCCCC(C)C)COP(=O)(O)OC[C@@H](O)COP(=O)(O)OC[C@@H](COC(=O)CCCCCCCCCCC(C)CC)OC(=O)CCCCCCCCCCCCCCCCC. The fourth-order valence-electron chi connectivity index (χ4n) is 13.6. The van der Waals surface area contributed by atoms with Crippen molar-refractivity contribution in [3.8, 4) is 0 Å². The van der Waals surface area contributed by atoms with Crippen LogP contribution in [0, 0.1) is 11.8 Å². The highest BCUT2D eigenvalue weighted by Gasteiger charge is 2.30. The van der Waals surface area contributed by atoms with E-state index in [4.69, 9.17) is 37.0 Å². The third kappa shape index (κ3) is 78.7. The van der Waals surface area contributed by atoms with Crippen LogP contribution in [-0.4, -0.2) is 96.7 Å². The summed E-state index contributed by atoms with van der Waals surface area (Å²) in [6, 6.07) is 0. The average molecular weight is 1550 g/mol. The number of phosphoric ester groups is 2. The monoisotopic (exact) mass is 1550 g/mol. The number of rotatable bonds is 86. The van der Waals surface area contributed by atoms with Gasteiger partial charge in [-0.05, 0) is 37.5 Å². The third-order valence-electron chi connectivity index (χ3n) is 20.8. The van der Waals surface area contributed by atoms with Gasteiger partial charge in [-0.15, -0.1) is 0 Å². The molecule has 0 aliphatic heterocycles. The number of phosphoric acid groups is 2. The Hall–Kier alpha value is -1.94. The predicted molar refractivity (Wildman–Crippen MR) is 437 cm³/mol. The minimum Gasteiger partial charge on any atom is -0.462 e. The maximum atomic E-state index is 13.2. The minimum atomic E-state index is -4.97. The Kier molecular flexibility index (Phi) is 76.9. The van der Waals surface area contributed by atoms with E-state index in [0.29, 0.717) is 25.7 Å². The van der Waals surface area contributed by atoms with Gasteiger partial charge in [0.1, 0.15) is 19.3 Å². The van der Waals surface area contributed by atoms with Gasteiger partial charge in [0.15, 0.2) is 12.2 Å². The van der Waals surface area contributed by atoms with Crippen LogP contribution in [0.4, 0.5) is 0 Å². The van der Waals surface area contributed by atoms with E-state index in [1.807, 2.05) is 0 Å². The fourth-order valence-corrected chi connectivity index (χ4v) is 15.1. The van der Waals surface area contributed by atoms with E-state index in [2.05, 4.69) is 41.5 Å². The topological polar surface area (TPSA) is 237 Å². The molecule has 0 fully saturated rings. The lowest BCUT2D eigenvalue weighted by molar-refractivity contribution is -0.161. The first kappa shape index (κ1) is 104. The first-order valence-electron chi connectivity index (χ1n) is 45.0. The van der Waals surface area contributed by atoms with Crippen molar-refractivity contribution in [2.24, 2.45) is 11.8 Å². The van der Waals surface area contributed by atoms with Crippen LogP contribution in [0.3, 0.4) is 0 Å². The molecule has 0 radical (unpaired) electrons. The summed E-state index contributed by atoms with van der Waals surface area (Å²) in [4.78, 5) is 73.3. The molecule has 3 N–H and O–H groups in total.